The number of guanidine groups is 1. The van der Waals surface area contributed by atoms with E-state index >= 15 is 0 Å². The highest BCUT2D eigenvalue weighted by atomic mass is 127. The lowest BCUT2D eigenvalue weighted by molar-refractivity contribution is 0.178. The van der Waals surface area contributed by atoms with Gasteiger partial charge in [-0.1, -0.05) is 0 Å². The fourth-order valence-electron chi connectivity index (χ4n) is 3.66. The Morgan fingerprint density at radius 3 is 2.56 bits per heavy atom. The van der Waals surface area contributed by atoms with E-state index in [-0.39, 0.29) is 24.0 Å². The Balaban J connectivity index is 0.00000364. The van der Waals surface area contributed by atoms with Crippen LogP contribution in [0.15, 0.2) is 16.4 Å². The quantitative estimate of drug-likeness (QED) is 0.322. The lowest BCUT2D eigenvalue weighted by Crippen LogP contribution is -2.49. The van der Waals surface area contributed by atoms with Gasteiger partial charge in [-0.25, -0.2) is 0 Å². The molecule has 1 aliphatic heterocycles. The Morgan fingerprint density at radius 1 is 1.22 bits per heavy atom. The molecule has 0 aliphatic carbocycles. The smallest absolute Gasteiger partial charge is 0.191 e. The monoisotopic (exact) mass is 507 g/mol. The lowest BCUT2D eigenvalue weighted by Gasteiger charge is -2.33. The molecule has 27 heavy (non-hydrogen) atoms. The maximum Gasteiger partial charge on any atom is 0.191 e. The molecule has 2 heterocycles. The van der Waals surface area contributed by atoms with Crippen molar-refractivity contribution in [1.82, 2.24) is 20.4 Å². The molecule has 1 aromatic heterocycles. The molecule has 0 radical (unpaired) electrons. The Labute approximate surface area is 187 Å². The highest BCUT2D eigenvalue weighted by molar-refractivity contribution is 14.0. The van der Waals surface area contributed by atoms with Crippen LogP contribution in [0.2, 0.25) is 0 Å². The van der Waals surface area contributed by atoms with Crippen LogP contribution in [0.3, 0.4) is 0 Å². The molecule has 0 saturated carbocycles. The van der Waals surface area contributed by atoms with E-state index in [1.807, 2.05) is 18.4 Å². The molecular formula is C20H38IN5S. The van der Waals surface area contributed by atoms with Gasteiger partial charge in [-0.05, 0) is 58.0 Å². The number of aliphatic imine (C=N–C) groups is 1. The van der Waals surface area contributed by atoms with Crippen LogP contribution in [-0.4, -0.2) is 67.1 Å². The second kappa shape index (κ2) is 12.2. The van der Waals surface area contributed by atoms with Gasteiger partial charge in [0, 0.05) is 62.8 Å². The molecule has 0 amide bonds. The fourth-order valence-corrected chi connectivity index (χ4v) is 4.55. The summed E-state index contributed by atoms with van der Waals surface area (Å²) in [5.41, 5.74) is 1.51. The Morgan fingerprint density at radius 2 is 1.93 bits per heavy atom. The molecule has 0 fully saturated rings. The van der Waals surface area contributed by atoms with E-state index in [1.165, 1.54) is 12.0 Å². The zero-order chi connectivity index (χ0) is 19.1. The first-order valence-corrected chi connectivity index (χ1v) is 10.8. The summed E-state index contributed by atoms with van der Waals surface area (Å²) in [5, 5.41) is 9.18. The van der Waals surface area contributed by atoms with Crippen LogP contribution in [0.4, 0.5) is 0 Å². The van der Waals surface area contributed by atoms with Gasteiger partial charge in [-0.3, -0.25) is 14.8 Å². The number of thiophene rings is 1. The molecule has 0 spiro atoms. The van der Waals surface area contributed by atoms with Gasteiger partial charge in [0.2, 0.25) is 0 Å². The first-order valence-electron chi connectivity index (χ1n) is 9.92. The molecule has 2 rings (SSSR count). The predicted molar refractivity (Wildman–Crippen MR) is 130 cm³/mol. The van der Waals surface area contributed by atoms with E-state index in [4.69, 9.17) is 0 Å². The Kier molecular flexibility index (Phi) is 11.2. The molecule has 1 aliphatic rings. The van der Waals surface area contributed by atoms with Crippen LogP contribution in [0.5, 0.6) is 0 Å². The minimum atomic E-state index is 0. The summed E-state index contributed by atoms with van der Waals surface area (Å²) in [5.74, 6) is 0.901. The van der Waals surface area contributed by atoms with E-state index < -0.39 is 0 Å². The van der Waals surface area contributed by atoms with Crippen molar-refractivity contribution in [3.63, 3.8) is 0 Å². The van der Waals surface area contributed by atoms with E-state index in [1.54, 1.807) is 4.88 Å². The molecule has 0 saturated heterocycles. The minimum Gasteiger partial charge on any atom is -0.355 e. The van der Waals surface area contributed by atoms with Crippen LogP contribution >= 0.6 is 35.3 Å². The van der Waals surface area contributed by atoms with Crippen LogP contribution in [0, 0.1) is 0 Å². The van der Waals surface area contributed by atoms with Gasteiger partial charge in [0.15, 0.2) is 5.96 Å². The van der Waals surface area contributed by atoms with E-state index in [9.17, 15) is 0 Å². The van der Waals surface area contributed by atoms with Crippen molar-refractivity contribution in [2.45, 2.75) is 65.7 Å². The van der Waals surface area contributed by atoms with Crippen molar-refractivity contribution in [3.8, 4) is 0 Å². The number of halogens is 1. The molecule has 1 atom stereocenters. The second-order valence-corrected chi connectivity index (χ2v) is 8.74. The molecule has 5 nitrogen and oxygen atoms in total. The number of hydrogen-bond donors (Lipinski definition) is 2. The summed E-state index contributed by atoms with van der Waals surface area (Å²) >= 11 is 1.90. The molecule has 1 aromatic rings. The van der Waals surface area contributed by atoms with Gasteiger partial charge in [0.25, 0.3) is 0 Å². The maximum absolute atomic E-state index is 4.38. The number of fused-ring (bicyclic) bond motifs is 1. The summed E-state index contributed by atoms with van der Waals surface area (Å²) in [6.07, 6.45) is 1.19. The zero-order valence-electron chi connectivity index (χ0n) is 17.8. The van der Waals surface area contributed by atoms with Gasteiger partial charge in [-0.15, -0.1) is 35.3 Å². The van der Waals surface area contributed by atoms with Crippen molar-refractivity contribution in [2.75, 3.05) is 33.2 Å². The van der Waals surface area contributed by atoms with E-state index in [0.717, 1.165) is 38.7 Å². The molecule has 2 N–H and O–H groups in total. The highest BCUT2D eigenvalue weighted by Gasteiger charge is 2.21. The normalized spacial score (nSPS) is 16.4. The standard InChI is InChI=1S/C20H37N5S.HI/c1-15(2)25(16(3)4)11-9-22-20(21-6)23-13-17(5)24-10-7-19-18(14-24)8-12-26-19;/h8,12,15-17H,7,9-11,13-14H2,1-6H3,(H2,21,22,23);1H. The molecule has 156 valence electrons. The zero-order valence-corrected chi connectivity index (χ0v) is 20.9. The first kappa shape index (κ1) is 24.7. The number of nitrogens with zero attached hydrogens (tertiary/aromatic N) is 3. The van der Waals surface area contributed by atoms with Crippen molar-refractivity contribution in [3.05, 3.63) is 21.9 Å². The average molecular weight is 508 g/mol. The minimum absolute atomic E-state index is 0. The molecule has 0 aromatic carbocycles. The molecule has 7 heteroatoms. The average Bonchev–Trinajstić information content (AvgIpc) is 3.07. The number of nitrogens with one attached hydrogen (secondary N) is 2. The number of hydrogen-bond acceptors (Lipinski definition) is 4. The molecule has 0 bridgehead atoms. The van der Waals surface area contributed by atoms with Crippen LogP contribution in [0.1, 0.15) is 45.1 Å². The third kappa shape index (κ3) is 7.51. The third-order valence-corrected chi connectivity index (χ3v) is 6.26. The van der Waals surface area contributed by atoms with Gasteiger partial charge in [-0.2, -0.15) is 0 Å². The first-order chi connectivity index (χ1) is 12.4. The summed E-state index contributed by atoms with van der Waals surface area (Å²) in [6.45, 7) is 16.4. The predicted octanol–water partition coefficient (Wildman–Crippen LogP) is 3.40. The van der Waals surface area contributed by atoms with E-state index in [2.05, 4.69) is 71.5 Å². The summed E-state index contributed by atoms with van der Waals surface area (Å²) in [4.78, 5) is 11.0. The Hall–Kier alpha value is -0.380. The van der Waals surface area contributed by atoms with Gasteiger partial charge >= 0.3 is 0 Å². The van der Waals surface area contributed by atoms with Crippen LogP contribution in [0.25, 0.3) is 0 Å². The van der Waals surface area contributed by atoms with Crippen LogP contribution < -0.4 is 10.6 Å². The van der Waals surface area contributed by atoms with Gasteiger partial charge in [0.05, 0.1) is 0 Å². The third-order valence-electron chi connectivity index (χ3n) is 5.24. The number of rotatable bonds is 8. The fraction of sp³-hybridized carbons (Fsp3) is 0.750. The summed E-state index contributed by atoms with van der Waals surface area (Å²) in [6, 6.07) is 3.90. The van der Waals surface area contributed by atoms with Gasteiger partial charge < -0.3 is 10.6 Å². The lowest BCUT2D eigenvalue weighted by atomic mass is 10.1. The van der Waals surface area contributed by atoms with E-state index in [0.29, 0.717) is 18.1 Å². The van der Waals surface area contributed by atoms with Crippen molar-refractivity contribution in [2.24, 2.45) is 4.99 Å². The SMILES string of the molecule is CN=C(NCCN(C(C)C)C(C)C)NCC(C)N1CCc2sccc2C1.I. The highest BCUT2D eigenvalue weighted by Crippen LogP contribution is 2.24. The molecule has 1 unspecified atom stereocenters. The maximum atomic E-state index is 4.38. The van der Waals surface area contributed by atoms with Crippen molar-refractivity contribution < 1.29 is 0 Å². The van der Waals surface area contributed by atoms with Crippen molar-refractivity contribution in [1.29, 1.82) is 0 Å². The second-order valence-electron chi connectivity index (χ2n) is 7.74. The Bertz CT molecular complexity index is 564. The van der Waals surface area contributed by atoms with Crippen molar-refractivity contribution >= 4 is 41.3 Å². The summed E-state index contributed by atoms with van der Waals surface area (Å²) in [7, 11) is 1.85. The molecular weight excluding hydrogens is 469 g/mol. The van der Waals surface area contributed by atoms with Crippen LogP contribution in [-0.2, 0) is 13.0 Å². The summed E-state index contributed by atoms with van der Waals surface area (Å²) < 4.78 is 0. The largest absolute Gasteiger partial charge is 0.355 e. The van der Waals surface area contributed by atoms with Gasteiger partial charge in [0.1, 0.15) is 0 Å². The topological polar surface area (TPSA) is 42.9 Å².